The second-order valence-corrected chi connectivity index (χ2v) is 11.0. The minimum Gasteiger partial charge on any atom is -0.393 e. The molecule has 0 spiro atoms. The molecule has 3 fully saturated rings. The lowest BCUT2D eigenvalue weighted by molar-refractivity contribution is 0.0862. The summed E-state index contributed by atoms with van der Waals surface area (Å²) in [6, 6.07) is 0. The van der Waals surface area contributed by atoms with Crippen molar-refractivity contribution in [1.82, 2.24) is 0 Å². The molecule has 2 heteroatoms. The second kappa shape index (κ2) is 9.57. The predicted octanol–water partition coefficient (Wildman–Crippen LogP) is 6.61. The molecule has 168 valence electrons. The highest BCUT2D eigenvalue weighted by Gasteiger charge is 2.50. The highest BCUT2D eigenvalue weighted by atomic mass is 16.3. The number of fused-ring (bicyclic) bond motifs is 1. The molecule has 0 aromatic rings. The molecule has 3 aliphatic rings. The number of aliphatic hydroxyl groups excluding tert-OH is 2. The van der Waals surface area contributed by atoms with E-state index in [2.05, 4.69) is 65.5 Å². The maximum absolute atomic E-state index is 10.1. The molecule has 3 saturated carbocycles. The summed E-state index contributed by atoms with van der Waals surface area (Å²) in [6.07, 6.45) is 15.8. The Morgan fingerprint density at radius 2 is 1.80 bits per heavy atom. The van der Waals surface area contributed by atoms with Crippen molar-refractivity contribution in [2.45, 2.75) is 91.8 Å². The zero-order valence-electron chi connectivity index (χ0n) is 19.9. The fourth-order valence-corrected chi connectivity index (χ4v) is 6.32. The van der Waals surface area contributed by atoms with Gasteiger partial charge in [0.25, 0.3) is 0 Å². The lowest BCUT2D eigenvalue weighted by atomic mass is 9.61. The quantitative estimate of drug-likeness (QED) is 0.499. The fourth-order valence-electron chi connectivity index (χ4n) is 6.32. The molecule has 30 heavy (non-hydrogen) atoms. The van der Waals surface area contributed by atoms with E-state index < -0.39 is 12.2 Å². The van der Waals surface area contributed by atoms with Crippen LogP contribution < -0.4 is 0 Å². The van der Waals surface area contributed by atoms with Crippen molar-refractivity contribution < 1.29 is 10.2 Å². The van der Waals surface area contributed by atoms with Crippen LogP contribution in [0.15, 0.2) is 47.6 Å². The molecule has 3 aliphatic carbocycles. The Morgan fingerprint density at radius 3 is 2.50 bits per heavy atom. The molecule has 7 atom stereocenters. The van der Waals surface area contributed by atoms with E-state index in [4.69, 9.17) is 0 Å². The zero-order chi connectivity index (χ0) is 22.1. The van der Waals surface area contributed by atoms with Crippen LogP contribution in [0.25, 0.3) is 0 Å². The average Bonchev–Trinajstić information content (AvgIpc) is 3.04. The SMILES string of the molecule is C=C1/C(=C\C=C2\CCC[C@@]3(C)[C@H]2CC[C@H]3[C@@H](C)/C=C/[C@H](C)C(C)C)C[C@@H](O)C[C@@H]1O. The molecule has 0 aliphatic heterocycles. The first-order valence-electron chi connectivity index (χ1n) is 12.3. The van der Waals surface area contributed by atoms with Crippen LogP contribution in [0.2, 0.25) is 0 Å². The summed E-state index contributed by atoms with van der Waals surface area (Å²) in [4.78, 5) is 0. The Morgan fingerprint density at radius 1 is 1.07 bits per heavy atom. The zero-order valence-corrected chi connectivity index (χ0v) is 19.9. The highest BCUT2D eigenvalue weighted by molar-refractivity contribution is 5.38. The van der Waals surface area contributed by atoms with Crippen LogP contribution in [-0.2, 0) is 0 Å². The van der Waals surface area contributed by atoms with Gasteiger partial charge < -0.3 is 10.2 Å². The van der Waals surface area contributed by atoms with Gasteiger partial charge in [-0.2, -0.15) is 0 Å². The van der Waals surface area contributed by atoms with Crippen molar-refractivity contribution in [3.05, 3.63) is 47.6 Å². The molecule has 0 heterocycles. The monoisotopic (exact) mass is 412 g/mol. The molecule has 2 N–H and O–H groups in total. The Balaban J connectivity index is 1.76. The molecule has 0 bridgehead atoms. The second-order valence-electron chi connectivity index (χ2n) is 11.0. The van der Waals surface area contributed by atoms with E-state index in [1.165, 1.54) is 32.1 Å². The molecule has 2 nitrogen and oxygen atoms in total. The standard InChI is InChI=1S/C28H44O2/c1-18(2)19(3)9-10-20(4)25-13-14-26-22(8-7-15-28(25,26)6)11-12-23-16-24(29)17-27(30)21(23)5/h9-12,18-20,24-27,29-30H,5,7-8,13-17H2,1-4,6H3/b10-9+,22-11-,23-12-/t19-,20-,24+,25-,26-,27-,28+/m0/s1. The number of aliphatic hydroxyl groups is 2. The highest BCUT2D eigenvalue weighted by Crippen LogP contribution is 2.59. The smallest absolute Gasteiger partial charge is 0.0811 e. The van der Waals surface area contributed by atoms with Gasteiger partial charge in [0, 0.05) is 6.42 Å². The van der Waals surface area contributed by atoms with Gasteiger partial charge in [-0.1, -0.05) is 71.1 Å². The van der Waals surface area contributed by atoms with E-state index in [1.54, 1.807) is 5.57 Å². The maximum atomic E-state index is 10.1. The summed E-state index contributed by atoms with van der Waals surface area (Å²) in [6.45, 7) is 16.0. The molecule has 0 radical (unpaired) electrons. The van der Waals surface area contributed by atoms with Crippen LogP contribution in [0.1, 0.15) is 79.6 Å². The Bertz CT molecular complexity index is 712. The Hall–Kier alpha value is -1.12. The normalized spacial score (nSPS) is 39.8. The van der Waals surface area contributed by atoms with Crippen LogP contribution in [0.4, 0.5) is 0 Å². The largest absolute Gasteiger partial charge is 0.393 e. The van der Waals surface area contributed by atoms with Gasteiger partial charge in [-0.15, -0.1) is 0 Å². The van der Waals surface area contributed by atoms with Gasteiger partial charge in [0.1, 0.15) is 0 Å². The van der Waals surface area contributed by atoms with Crippen LogP contribution in [0, 0.1) is 35.0 Å². The molecule has 3 rings (SSSR count). The van der Waals surface area contributed by atoms with Crippen LogP contribution >= 0.6 is 0 Å². The molecule has 0 aromatic heterocycles. The summed E-state index contributed by atoms with van der Waals surface area (Å²) in [5, 5.41) is 20.2. The minimum absolute atomic E-state index is 0.385. The van der Waals surface area contributed by atoms with Gasteiger partial charge in [-0.05, 0) is 84.7 Å². The number of hydrogen-bond acceptors (Lipinski definition) is 2. The van der Waals surface area contributed by atoms with Gasteiger partial charge in [0.15, 0.2) is 0 Å². The fraction of sp³-hybridized carbons (Fsp3) is 0.714. The Labute approximate surface area is 184 Å². The van der Waals surface area contributed by atoms with Crippen LogP contribution in [0.5, 0.6) is 0 Å². The van der Waals surface area contributed by atoms with E-state index in [0.717, 1.165) is 17.1 Å². The lowest BCUT2D eigenvalue weighted by Crippen LogP contribution is -2.35. The topological polar surface area (TPSA) is 40.5 Å². The van der Waals surface area contributed by atoms with Crippen molar-refractivity contribution >= 4 is 0 Å². The number of hydrogen-bond donors (Lipinski definition) is 2. The number of allylic oxidation sites excluding steroid dienone is 5. The van der Waals surface area contributed by atoms with E-state index in [0.29, 0.717) is 41.9 Å². The van der Waals surface area contributed by atoms with Crippen molar-refractivity contribution in [1.29, 1.82) is 0 Å². The predicted molar refractivity (Wildman–Crippen MR) is 127 cm³/mol. The van der Waals surface area contributed by atoms with Crippen molar-refractivity contribution in [2.75, 3.05) is 0 Å². The first-order chi connectivity index (χ1) is 14.1. The van der Waals surface area contributed by atoms with Gasteiger partial charge >= 0.3 is 0 Å². The third-order valence-electron chi connectivity index (χ3n) is 8.71. The molecule has 0 aromatic carbocycles. The third kappa shape index (κ3) is 4.86. The molecular weight excluding hydrogens is 368 g/mol. The minimum atomic E-state index is -0.605. The van der Waals surface area contributed by atoms with E-state index in [9.17, 15) is 10.2 Å². The van der Waals surface area contributed by atoms with Gasteiger partial charge in [0.05, 0.1) is 12.2 Å². The summed E-state index contributed by atoms with van der Waals surface area (Å²) >= 11 is 0. The van der Waals surface area contributed by atoms with Crippen LogP contribution in [0.3, 0.4) is 0 Å². The van der Waals surface area contributed by atoms with Crippen molar-refractivity contribution in [3.63, 3.8) is 0 Å². The molecule has 0 unspecified atom stereocenters. The van der Waals surface area contributed by atoms with Gasteiger partial charge in [-0.25, -0.2) is 0 Å². The maximum Gasteiger partial charge on any atom is 0.0811 e. The van der Waals surface area contributed by atoms with E-state index >= 15 is 0 Å². The lowest BCUT2D eigenvalue weighted by Gasteiger charge is -2.44. The first kappa shape index (κ1) is 23.5. The van der Waals surface area contributed by atoms with E-state index in [1.807, 2.05) is 0 Å². The third-order valence-corrected chi connectivity index (χ3v) is 8.71. The summed E-state index contributed by atoms with van der Waals surface area (Å²) < 4.78 is 0. The summed E-state index contributed by atoms with van der Waals surface area (Å²) in [5.41, 5.74) is 3.77. The van der Waals surface area contributed by atoms with Crippen molar-refractivity contribution in [3.8, 4) is 0 Å². The molecule has 0 saturated heterocycles. The number of rotatable bonds is 5. The van der Waals surface area contributed by atoms with Crippen molar-refractivity contribution in [2.24, 2.45) is 35.0 Å². The Kier molecular flexibility index (Phi) is 7.51. The van der Waals surface area contributed by atoms with E-state index in [-0.39, 0.29) is 0 Å². The average molecular weight is 413 g/mol. The summed E-state index contributed by atoms with van der Waals surface area (Å²) in [7, 11) is 0. The summed E-state index contributed by atoms with van der Waals surface area (Å²) in [5.74, 6) is 3.38. The van der Waals surface area contributed by atoms with Crippen LogP contribution in [-0.4, -0.2) is 22.4 Å². The van der Waals surface area contributed by atoms with Gasteiger partial charge in [-0.3, -0.25) is 0 Å². The molecule has 0 amide bonds. The molecular formula is C28H44O2. The van der Waals surface area contributed by atoms with Gasteiger partial charge in [0.2, 0.25) is 0 Å². The first-order valence-corrected chi connectivity index (χ1v) is 12.3.